The van der Waals surface area contributed by atoms with Gasteiger partial charge in [0.25, 0.3) is 0 Å². The highest BCUT2D eigenvalue weighted by Gasteiger charge is 2.37. The van der Waals surface area contributed by atoms with E-state index in [0.29, 0.717) is 0 Å². The van der Waals surface area contributed by atoms with Gasteiger partial charge in [0.05, 0.1) is 6.20 Å². The molecule has 1 unspecified atom stereocenters. The van der Waals surface area contributed by atoms with E-state index in [1.807, 2.05) is 0 Å². The van der Waals surface area contributed by atoms with Crippen LogP contribution in [0.2, 0.25) is 0 Å². The summed E-state index contributed by atoms with van der Waals surface area (Å²) in [6.45, 7) is 1.59. The molecule has 5 heteroatoms. The summed E-state index contributed by atoms with van der Waals surface area (Å²) in [6, 6.07) is 3.15. The van der Waals surface area contributed by atoms with Crippen molar-refractivity contribution < 1.29 is 17.9 Å². The van der Waals surface area contributed by atoms with Crippen LogP contribution < -0.4 is 4.74 Å². The second-order valence-electron chi connectivity index (χ2n) is 3.30. The van der Waals surface area contributed by atoms with Crippen molar-refractivity contribution in [1.82, 2.24) is 4.98 Å². The van der Waals surface area contributed by atoms with Crippen molar-refractivity contribution in [3.63, 3.8) is 0 Å². The van der Waals surface area contributed by atoms with Crippen molar-refractivity contribution in [2.45, 2.75) is 25.9 Å². The third kappa shape index (κ3) is 3.42. The third-order valence-electron chi connectivity index (χ3n) is 1.90. The lowest BCUT2D eigenvalue weighted by molar-refractivity contribution is -0.0941. The van der Waals surface area contributed by atoms with Crippen LogP contribution >= 0.6 is 0 Å². The molecule has 2 nitrogen and oxygen atoms in total. The average molecular weight is 219 g/mol. The molecule has 15 heavy (non-hydrogen) atoms. The Morgan fingerprint density at radius 1 is 1.47 bits per heavy atom. The second kappa shape index (κ2) is 4.51. The molecule has 0 bridgehead atoms. The van der Waals surface area contributed by atoms with Gasteiger partial charge in [-0.3, -0.25) is 4.98 Å². The van der Waals surface area contributed by atoms with E-state index < -0.39 is 18.7 Å². The molecule has 1 aromatic heterocycles. The van der Waals surface area contributed by atoms with Crippen LogP contribution in [0, 0.1) is 6.92 Å². The van der Waals surface area contributed by atoms with Crippen LogP contribution in [0.4, 0.5) is 13.2 Å². The van der Waals surface area contributed by atoms with Crippen LogP contribution in [0.3, 0.4) is 0 Å². The molecule has 0 aliphatic heterocycles. The first-order valence-corrected chi connectivity index (χ1v) is 4.49. The Labute approximate surface area is 86.1 Å². The summed E-state index contributed by atoms with van der Waals surface area (Å²) in [5, 5.41) is 0. The normalized spacial score (nSPS) is 13.7. The first-order valence-electron chi connectivity index (χ1n) is 4.49. The summed E-state index contributed by atoms with van der Waals surface area (Å²) in [6.07, 6.45) is -0.898. The molecule has 1 aromatic rings. The first-order chi connectivity index (χ1) is 6.92. The van der Waals surface area contributed by atoms with E-state index in [1.165, 1.54) is 12.3 Å². The van der Waals surface area contributed by atoms with Gasteiger partial charge in [0, 0.05) is 5.69 Å². The fourth-order valence-corrected chi connectivity index (χ4v) is 0.834. The Balaban J connectivity index is 2.54. The van der Waals surface area contributed by atoms with E-state index in [2.05, 4.69) is 4.98 Å². The van der Waals surface area contributed by atoms with Crippen LogP contribution in [0.25, 0.3) is 0 Å². The number of ether oxygens (including phenoxy) is 1. The highest BCUT2D eigenvalue weighted by Crippen LogP contribution is 2.22. The molecule has 1 atom stereocenters. The quantitative estimate of drug-likeness (QED) is 0.776. The number of aryl methyl sites for hydroxylation is 1. The van der Waals surface area contributed by atoms with Crippen LogP contribution in [-0.2, 0) is 0 Å². The third-order valence-corrected chi connectivity index (χ3v) is 1.90. The van der Waals surface area contributed by atoms with Crippen molar-refractivity contribution in [2.75, 3.05) is 6.61 Å². The van der Waals surface area contributed by atoms with Gasteiger partial charge in [-0.2, -0.15) is 8.78 Å². The van der Waals surface area contributed by atoms with Gasteiger partial charge in [0.1, 0.15) is 5.75 Å². The van der Waals surface area contributed by atoms with E-state index in [0.717, 1.165) is 12.6 Å². The Bertz CT molecular complexity index is 311. The summed E-state index contributed by atoms with van der Waals surface area (Å²) in [5.41, 5.74) is 0.757. The Morgan fingerprint density at radius 3 is 2.60 bits per heavy atom. The number of nitrogens with zero attached hydrogens (tertiary/aromatic N) is 1. The molecular weight excluding hydrogens is 207 g/mol. The number of rotatable bonds is 4. The van der Waals surface area contributed by atoms with E-state index in [9.17, 15) is 13.2 Å². The lowest BCUT2D eigenvalue weighted by Crippen LogP contribution is -2.34. The zero-order valence-electron chi connectivity index (χ0n) is 8.51. The minimum atomic E-state index is -3.47. The fourth-order valence-electron chi connectivity index (χ4n) is 0.834. The largest absolute Gasteiger partial charge is 0.486 e. The monoisotopic (exact) mass is 219 g/mol. The number of pyridine rings is 1. The average Bonchev–Trinajstić information content (AvgIpc) is 2.17. The molecule has 0 spiro atoms. The van der Waals surface area contributed by atoms with Gasteiger partial charge in [0.15, 0.2) is 12.8 Å². The van der Waals surface area contributed by atoms with Crippen molar-refractivity contribution in [1.29, 1.82) is 0 Å². The van der Waals surface area contributed by atoms with Gasteiger partial charge in [-0.05, 0) is 26.0 Å². The number of halogens is 3. The lowest BCUT2D eigenvalue weighted by atomic mass is 10.2. The molecule has 0 amide bonds. The predicted molar refractivity (Wildman–Crippen MR) is 50.0 cm³/mol. The Kier molecular flexibility index (Phi) is 3.55. The molecule has 0 radical (unpaired) electrons. The van der Waals surface area contributed by atoms with Crippen LogP contribution in [-0.4, -0.2) is 23.7 Å². The van der Waals surface area contributed by atoms with Crippen molar-refractivity contribution in [2.24, 2.45) is 0 Å². The van der Waals surface area contributed by atoms with E-state index in [-0.39, 0.29) is 5.75 Å². The summed E-state index contributed by atoms with van der Waals surface area (Å²) in [4.78, 5) is 3.86. The maximum absolute atomic E-state index is 12.8. The smallest absolute Gasteiger partial charge is 0.311 e. The van der Waals surface area contributed by atoms with Crippen molar-refractivity contribution >= 4 is 0 Å². The second-order valence-corrected chi connectivity index (χ2v) is 3.30. The standard InChI is InChI=1S/C10H12F3NO/c1-7-3-4-9(5-14-7)15-6-10(12,13)8(2)11/h3-5,8H,6H2,1-2H3. The molecule has 0 saturated carbocycles. The maximum Gasteiger partial charge on any atom is 0.311 e. The Morgan fingerprint density at radius 2 is 2.13 bits per heavy atom. The fraction of sp³-hybridized carbons (Fsp3) is 0.500. The predicted octanol–water partition coefficient (Wildman–Crippen LogP) is 2.76. The summed E-state index contributed by atoms with van der Waals surface area (Å²) in [5.74, 6) is -3.26. The molecule has 84 valence electrons. The van der Waals surface area contributed by atoms with Crippen molar-refractivity contribution in [3.05, 3.63) is 24.0 Å². The summed E-state index contributed by atoms with van der Waals surface area (Å²) in [7, 11) is 0. The SMILES string of the molecule is Cc1ccc(OCC(F)(F)C(C)F)cn1. The molecular formula is C10H12F3NO. The highest BCUT2D eigenvalue weighted by atomic mass is 19.3. The zero-order chi connectivity index (χ0) is 11.5. The molecule has 0 aliphatic rings. The minimum Gasteiger partial charge on any atom is -0.486 e. The van der Waals surface area contributed by atoms with Crippen LogP contribution in [0.1, 0.15) is 12.6 Å². The van der Waals surface area contributed by atoms with Gasteiger partial charge < -0.3 is 4.74 Å². The molecule has 0 aromatic carbocycles. The van der Waals surface area contributed by atoms with Gasteiger partial charge in [-0.25, -0.2) is 4.39 Å². The van der Waals surface area contributed by atoms with E-state index >= 15 is 0 Å². The van der Waals surface area contributed by atoms with Crippen LogP contribution in [0.5, 0.6) is 5.75 Å². The molecule has 0 N–H and O–H groups in total. The molecule has 1 heterocycles. The molecule has 0 aliphatic carbocycles. The number of hydrogen-bond acceptors (Lipinski definition) is 2. The maximum atomic E-state index is 12.8. The minimum absolute atomic E-state index is 0.209. The summed E-state index contributed by atoms with van der Waals surface area (Å²) < 4.78 is 42.7. The zero-order valence-corrected chi connectivity index (χ0v) is 8.51. The van der Waals surface area contributed by atoms with Gasteiger partial charge in [-0.1, -0.05) is 0 Å². The number of aromatic nitrogens is 1. The van der Waals surface area contributed by atoms with Crippen LogP contribution in [0.15, 0.2) is 18.3 Å². The molecule has 0 fully saturated rings. The number of alkyl halides is 3. The number of hydrogen-bond donors (Lipinski definition) is 0. The summed E-state index contributed by atoms with van der Waals surface area (Å²) >= 11 is 0. The first kappa shape index (κ1) is 11.8. The Hall–Kier alpha value is -1.26. The van der Waals surface area contributed by atoms with Gasteiger partial charge in [-0.15, -0.1) is 0 Å². The van der Waals surface area contributed by atoms with E-state index in [1.54, 1.807) is 13.0 Å². The lowest BCUT2D eigenvalue weighted by Gasteiger charge is -2.17. The van der Waals surface area contributed by atoms with E-state index in [4.69, 9.17) is 4.74 Å². The van der Waals surface area contributed by atoms with Gasteiger partial charge in [0.2, 0.25) is 0 Å². The molecule has 1 rings (SSSR count). The van der Waals surface area contributed by atoms with Crippen molar-refractivity contribution in [3.8, 4) is 5.75 Å². The highest BCUT2D eigenvalue weighted by molar-refractivity contribution is 5.19. The topological polar surface area (TPSA) is 22.1 Å². The molecule has 0 saturated heterocycles. The van der Waals surface area contributed by atoms with Gasteiger partial charge >= 0.3 is 5.92 Å².